The van der Waals surface area contributed by atoms with Crippen LogP contribution in [-0.2, 0) is 20.0 Å². The maximum absolute atomic E-state index is 12.5. The Morgan fingerprint density at radius 3 is 2.39 bits per heavy atom. The van der Waals surface area contributed by atoms with Crippen LogP contribution in [0.15, 0.2) is 29.2 Å². The van der Waals surface area contributed by atoms with Crippen LogP contribution in [0.25, 0.3) is 0 Å². The van der Waals surface area contributed by atoms with Crippen LogP contribution < -0.4 is 0 Å². The summed E-state index contributed by atoms with van der Waals surface area (Å²) < 4.78 is 24.9. The average Bonchev–Trinajstić information content (AvgIpc) is 2.93. The van der Waals surface area contributed by atoms with Crippen molar-refractivity contribution in [1.82, 2.24) is 4.90 Å². The standard InChI is InChI=1S/C17H25NO4S/c1-17(2,3)13-6-8-14(9-7-13)23(21,22)12-11-18-10-4-5-15(18)16(19)20/h6-9,15H,4-5,10-12H2,1-3H3,(H,19,20). The van der Waals surface area contributed by atoms with Crippen molar-refractivity contribution < 1.29 is 18.3 Å². The van der Waals surface area contributed by atoms with E-state index in [2.05, 4.69) is 20.8 Å². The van der Waals surface area contributed by atoms with Gasteiger partial charge in [-0.05, 0) is 42.5 Å². The molecule has 1 aliphatic rings. The third kappa shape index (κ3) is 4.32. The first kappa shape index (κ1) is 17.9. The van der Waals surface area contributed by atoms with Crippen molar-refractivity contribution in [2.24, 2.45) is 0 Å². The fourth-order valence-electron chi connectivity index (χ4n) is 2.89. The number of sulfone groups is 1. The van der Waals surface area contributed by atoms with Crippen molar-refractivity contribution >= 4 is 15.8 Å². The quantitative estimate of drug-likeness (QED) is 0.891. The van der Waals surface area contributed by atoms with Gasteiger partial charge in [-0.3, -0.25) is 9.69 Å². The van der Waals surface area contributed by atoms with Crippen LogP contribution in [0.3, 0.4) is 0 Å². The second-order valence-electron chi connectivity index (χ2n) is 7.13. The zero-order valence-electron chi connectivity index (χ0n) is 13.9. The summed E-state index contributed by atoms with van der Waals surface area (Å²) in [6, 6.07) is 6.45. The number of carbonyl (C=O) groups is 1. The summed E-state index contributed by atoms with van der Waals surface area (Å²) in [5.41, 5.74) is 1.06. The largest absolute Gasteiger partial charge is 0.480 e. The van der Waals surface area contributed by atoms with Crippen molar-refractivity contribution in [3.63, 3.8) is 0 Å². The van der Waals surface area contributed by atoms with Crippen molar-refractivity contribution in [2.75, 3.05) is 18.8 Å². The molecule has 6 heteroatoms. The zero-order chi connectivity index (χ0) is 17.3. The second kappa shape index (κ2) is 6.61. The maximum atomic E-state index is 12.5. The summed E-state index contributed by atoms with van der Waals surface area (Å²) in [7, 11) is -3.39. The van der Waals surface area contributed by atoms with Crippen molar-refractivity contribution in [1.29, 1.82) is 0 Å². The van der Waals surface area contributed by atoms with Crippen molar-refractivity contribution in [2.45, 2.75) is 50.0 Å². The first-order valence-corrected chi connectivity index (χ1v) is 9.57. The van der Waals surface area contributed by atoms with E-state index in [4.69, 9.17) is 5.11 Å². The van der Waals surface area contributed by atoms with E-state index >= 15 is 0 Å². The maximum Gasteiger partial charge on any atom is 0.320 e. The molecule has 1 saturated heterocycles. The Hall–Kier alpha value is -1.40. The van der Waals surface area contributed by atoms with Crippen LogP contribution in [0.4, 0.5) is 0 Å². The minimum atomic E-state index is -3.39. The minimum absolute atomic E-state index is 0.0213. The van der Waals surface area contributed by atoms with Gasteiger partial charge >= 0.3 is 5.97 Å². The molecule has 0 saturated carbocycles. The van der Waals surface area contributed by atoms with Crippen LogP contribution in [0.1, 0.15) is 39.2 Å². The first-order valence-electron chi connectivity index (χ1n) is 7.91. The molecule has 5 nitrogen and oxygen atoms in total. The Kier molecular flexibility index (Phi) is 5.16. The lowest BCUT2D eigenvalue weighted by atomic mass is 9.87. The van der Waals surface area contributed by atoms with Crippen LogP contribution >= 0.6 is 0 Å². The molecule has 1 aromatic carbocycles. The predicted octanol–water partition coefficient (Wildman–Crippen LogP) is 2.31. The number of rotatable bonds is 5. The fourth-order valence-corrected chi connectivity index (χ4v) is 4.15. The van der Waals surface area contributed by atoms with Gasteiger partial charge in [-0.25, -0.2) is 8.42 Å². The second-order valence-corrected chi connectivity index (χ2v) is 9.23. The number of carboxylic acids is 1. The van der Waals surface area contributed by atoms with E-state index in [0.717, 1.165) is 12.0 Å². The highest BCUT2D eigenvalue weighted by Crippen LogP contribution is 2.24. The van der Waals surface area contributed by atoms with Crippen molar-refractivity contribution in [3.05, 3.63) is 29.8 Å². The molecule has 0 aromatic heterocycles. The summed E-state index contributed by atoms with van der Waals surface area (Å²) in [5, 5.41) is 9.15. The highest BCUT2D eigenvalue weighted by atomic mass is 32.2. The Morgan fingerprint density at radius 2 is 1.87 bits per heavy atom. The van der Waals surface area contributed by atoms with Crippen LogP contribution in [0.5, 0.6) is 0 Å². The van der Waals surface area contributed by atoms with E-state index in [1.165, 1.54) is 0 Å². The van der Waals surface area contributed by atoms with E-state index in [1.807, 2.05) is 12.1 Å². The van der Waals surface area contributed by atoms with Gasteiger partial charge in [0.25, 0.3) is 0 Å². The Labute approximate surface area is 138 Å². The lowest BCUT2D eigenvalue weighted by Crippen LogP contribution is -2.38. The Morgan fingerprint density at radius 1 is 1.26 bits per heavy atom. The molecule has 128 valence electrons. The number of aliphatic carboxylic acids is 1. The molecule has 0 radical (unpaired) electrons. The van der Waals surface area contributed by atoms with Gasteiger partial charge in [-0.2, -0.15) is 0 Å². The Bertz CT molecular complexity index is 659. The number of hydrogen-bond donors (Lipinski definition) is 1. The van der Waals surface area contributed by atoms with E-state index < -0.39 is 21.8 Å². The highest BCUT2D eigenvalue weighted by Gasteiger charge is 2.31. The lowest BCUT2D eigenvalue weighted by Gasteiger charge is -2.21. The molecule has 0 amide bonds. The SMILES string of the molecule is CC(C)(C)c1ccc(S(=O)(=O)CCN2CCCC2C(=O)O)cc1. The minimum Gasteiger partial charge on any atom is -0.480 e. The summed E-state index contributed by atoms with van der Waals surface area (Å²) in [6.07, 6.45) is 1.40. The summed E-state index contributed by atoms with van der Waals surface area (Å²) in [5.74, 6) is -0.916. The molecule has 0 aliphatic carbocycles. The molecule has 1 fully saturated rings. The third-order valence-electron chi connectivity index (χ3n) is 4.38. The summed E-state index contributed by atoms with van der Waals surface area (Å²) in [6.45, 7) is 7.15. The highest BCUT2D eigenvalue weighted by molar-refractivity contribution is 7.91. The molecular weight excluding hydrogens is 314 g/mol. The smallest absolute Gasteiger partial charge is 0.320 e. The van der Waals surface area contributed by atoms with E-state index in [1.54, 1.807) is 17.0 Å². The van der Waals surface area contributed by atoms with Gasteiger partial charge in [0, 0.05) is 6.54 Å². The average molecular weight is 339 g/mol. The van der Waals surface area contributed by atoms with Gasteiger partial charge < -0.3 is 5.11 Å². The van der Waals surface area contributed by atoms with Gasteiger partial charge in [-0.1, -0.05) is 32.9 Å². The normalized spacial score (nSPS) is 19.9. The number of benzene rings is 1. The van der Waals surface area contributed by atoms with Crippen LogP contribution in [0.2, 0.25) is 0 Å². The number of hydrogen-bond acceptors (Lipinski definition) is 4. The predicted molar refractivity (Wildman–Crippen MR) is 89.4 cm³/mol. The van der Waals surface area contributed by atoms with Gasteiger partial charge in [0.1, 0.15) is 6.04 Å². The number of carboxylic acid groups (broad SMARTS) is 1. The molecule has 1 aliphatic heterocycles. The van der Waals surface area contributed by atoms with E-state index in [9.17, 15) is 13.2 Å². The molecular formula is C17H25NO4S. The summed E-state index contributed by atoms with van der Waals surface area (Å²) >= 11 is 0. The number of nitrogens with zero attached hydrogens (tertiary/aromatic N) is 1. The summed E-state index contributed by atoms with van der Waals surface area (Å²) in [4.78, 5) is 13.2. The molecule has 23 heavy (non-hydrogen) atoms. The zero-order valence-corrected chi connectivity index (χ0v) is 14.8. The van der Waals surface area contributed by atoms with Gasteiger partial charge in [0.15, 0.2) is 9.84 Å². The lowest BCUT2D eigenvalue weighted by molar-refractivity contribution is -0.142. The molecule has 1 atom stereocenters. The molecule has 2 rings (SSSR count). The number of likely N-dealkylation sites (tertiary alicyclic amines) is 1. The monoisotopic (exact) mass is 339 g/mol. The molecule has 1 aromatic rings. The van der Waals surface area contributed by atoms with E-state index in [0.29, 0.717) is 17.9 Å². The molecule has 1 unspecified atom stereocenters. The van der Waals surface area contributed by atoms with Gasteiger partial charge in [0.2, 0.25) is 0 Å². The fraction of sp³-hybridized carbons (Fsp3) is 0.588. The molecule has 1 N–H and O–H groups in total. The van der Waals surface area contributed by atoms with Crippen molar-refractivity contribution in [3.8, 4) is 0 Å². The van der Waals surface area contributed by atoms with E-state index in [-0.39, 0.29) is 17.7 Å². The molecule has 0 spiro atoms. The molecule has 0 bridgehead atoms. The van der Waals surface area contributed by atoms with Gasteiger partial charge in [0.05, 0.1) is 10.6 Å². The van der Waals surface area contributed by atoms with Gasteiger partial charge in [-0.15, -0.1) is 0 Å². The topological polar surface area (TPSA) is 74.7 Å². The van der Waals surface area contributed by atoms with Crippen LogP contribution in [0, 0.1) is 0 Å². The Balaban J connectivity index is 2.06. The first-order chi connectivity index (χ1) is 10.6. The molecule has 1 heterocycles. The third-order valence-corrected chi connectivity index (χ3v) is 6.09. The van der Waals surface area contributed by atoms with Crippen LogP contribution in [-0.4, -0.2) is 49.3 Å².